The molecule has 0 rings (SSSR count). The van der Waals surface area contributed by atoms with Crippen LogP contribution < -0.4 is 0 Å². The molecule has 13 heavy (non-hydrogen) atoms. The average Bonchev–Trinajstić information content (AvgIpc) is 2.14. The minimum absolute atomic E-state index is 0.769. The molecule has 80 valence electrons. The Labute approximate surface area is 83.4 Å². The standard InChI is InChI=1S/C9H19NO.C2H6/c1-4-5-6-7-8-11-10-9(2)3;1-2/h4-8H2,1-3H3;1-2H3. The first-order valence-corrected chi connectivity index (χ1v) is 5.40. The van der Waals surface area contributed by atoms with E-state index in [1.807, 2.05) is 27.7 Å². The molecule has 0 saturated carbocycles. The molecule has 0 aromatic carbocycles. The van der Waals surface area contributed by atoms with Gasteiger partial charge in [0.05, 0.1) is 5.71 Å². The molecular formula is C11H25NO. The lowest BCUT2D eigenvalue weighted by atomic mass is 10.2. The van der Waals surface area contributed by atoms with E-state index >= 15 is 0 Å². The summed E-state index contributed by atoms with van der Waals surface area (Å²) < 4.78 is 0. The molecule has 0 amide bonds. The lowest BCUT2D eigenvalue weighted by molar-refractivity contribution is 0.139. The number of nitrogens with zero attached hydrogens (tertiary/aromatic N) is 1. The van der Waals surface area contributed by atoms with Gasteiger partial charge in [-0.1, -0.05) is 38.8 Å². The van der Waals surface area contributed by atoms with Crippen molar-refractivity contribution in [1.29, 1.82) is 0 Å². The van der Waals surface area contributed by atoms with Crippen LogP contribution in [0.25, 0.3) is 0 Å². The van der Waals surface area contributed by atoms with Gasteiger partial charge in [-0.05, 0) is 26.7 Å². The Morgan fingerprint density at radius 1 is 1.08 bits per heavy atom. The highest BCUT2D eigenvalue weighted by Gasteiger charge is 1.86. The molecule has 0 aromatic heterocycles. The van der Waals surface area contributed by atoms with Crippen molar-refractivity contribution in [3.63, 3.8) is 0 Å². The third-order valence-electron chi connectivity index (χ3n) is 1.34. The van der Waals surface area contributed by atoms with Gasteiger partial charge in [0, 0.05) is 0 Å². The van der Waals surface area contributed by atoms with Gasteiger partial charge in [-0.25, -0.2) is 0 Å². The van der Waals surface area contributed by atoms with Gasteiger partial charge in [0.25, 0.3) is 0 Å². The summed E-state index contributed by atoms with van der Waals surface area (Å²) in [4.78, 5) is 5.03. The predicted octanol–water partition coefficient (Wildman–Crippen LogP) is 4.01. The fraction of sp³-hybridized carbons (Fsp3) is 0.909. The normalized spacial score (nSPS) is 8.38. The summed E-state index contributed by atoms with van der Waals surface area (Å²) in [6, 6.07) is 0. The van der Waals surface area contributed by atoms with Crippen LogP contribution in [0.1, 0.15) is 60.3 Å². The maximum atomic E-state index is 5.03. The van der Waals surface area contributed by atoms with Crippen molar-refractivity contribution in [3.8, 4) is 0 Å². The van der Waals surface area contributed by atoms with Crippen LogP contribution in [0, 0.1) is 0 Å². The van der Waals surface area contributed by atoms with Crippen molar-refractivity contribution in [1.82, 2.24) is 0 Å². The van der Waals surface area contributed by atoms with Crippen LogP contribution in [0.5, 0.6) is 0 Å². The molecule has 0 spiro atoms. The van der Waals surface area contributed by atoms with Gasteiger partial charge in [0.1, 0.15) is 6.61 Å². The monoisotopic (exact) mass is 187 g/mol. The van der Waals surface area contributed by atoms with Crippen molar-refractivity contribution < 1.29 is 4.84 Å². The number of hydrogen-bond donors (Lipinski definition) is 0. The third kappa shape index (κ3) is 18.4. The summed E-state index contributed by atoms with van der Waals surface area (Å²) in [5.41, 5.74) is 0.987. The van der Waals surface area contributed by atoms with E-state index in [0.717, 1.165) is 18.7 Å². The maximum Gasteiger partial charge on any atom is 0.117 e. The van der Waals surface area contributed by atoms with Crippen LogP contribution in [-0.2, 0) is 4.84 Å². The molecule has 0 aliphatic carbocycles. The molecule has 2 nitrogen and oxygen atoms in total. The van der Waals surface area contributed by atoms with Crippen molar-refractivity contribution in [3.05, 3.63) is 0 Å². The maximum absolute atomic E-state index is 5.03. The van der Waals surface area contributed by atoms with Gasteiger partial charge in [0.15, 0.2) is 0 Å². The van der Waals surface area contributed by atoms with Gasteiger partial charge in [-0.3, -0.25) is 0 Å². The van der Waals surface area contributed by atoms with Gasteiger partial charge in [0.2, 0.25) is 0 Å². The lowest BCUT2D eigenvalue weighted by Crippen LogP contribution is -1.90. The highest BCUT2D eigenvalue weighted by molar-refractivity contribution is 5.78. The predicted molar refractivity (Wildman–Crippen MR) is 60.2 cm³/mol. The largest absolute Gasteiger partial charge is 0.396 e. The summed E-state index contributed by atoms with van der Waals surface area (Å²) in [6.45, 7) is 10.8. The van der Waals surface area contributed by atoms with Crippen molar-refractivity contribution in [2.45, 2.75) is 60.3 Å². The molecule has 0 atom stereocenters. The molecule has 0 N–H and O–H groups in total. The van der Waals surface area contributed by atoms with Crippen molar-refractivity contribution >= 4 is 5.71 Å². The van der Waals surface area contributed by atoms with Crippen LogP contribution in [0.2, 0.25) is 0 Å². The van der Waals surface area contributed by atoms with Gasteiger partial charge < -0.3 is 4.84 Å². The van der Waals surface area contributed by atoms with Crippen molar-refractivity contribution in [2.24, 2.45) is 5.16 Å². The number of unbranched alkanes of at least 4 members (excludes halogenated alkanes) is 3. The quantitative estimate of drug-likeness (QED) is 0.350. The Balaban J connectivity index is 0. The van der Waals surface area contributed by atoms with Gasteiger partial charge in [-0.2, -0.15) is 0 Å². The van der Waals surface area contributed by atoms with E-state index in [-0.39, 0.29) is 0 Å². The summed E-state index contributed by atoms with van der Waals surface area (Å²) in [7, 11) is 0. The molecule has 0 aromatic rings. The first kappa shape index (κ1) is 15.0. The van der Waals surface area contributed by atoms with Crippen LogP contribution in [0.15, 0.2) is 5.16 Å². The Bertz CT molecular complexity index is 107. The fourth-order valence-electron chi connectivity index (χ4n) is 0.768. The minimum Gasteiger partial charge on any atom is -0.396 e. The van der Waals surface area contributed by atoms with Gasteiger partial charge in [-0.15, -0.1) is 0 Å². The zero-order valence-corrected chi connectivity index (χ0v) is 9.89. The van der Waals surface area contributed by atoms with E-state index in [2.05, 4.69) is 12.1 Å². The Morgan fingerprint density at radius 2 is 1.69 bits per heavy atom. The second kappa shape index (κ2) is 14.0. The van der Waals surface area contributed by atoms with Crippen LogP contribution in [0.4, 0.5) is 0 Å². The molecule has 0 saturated heterocycles. The average molecular weight is 187 g/mol. The smallest absolute Gasteiger partial charge is 0.117 e. The van der Waals surface area contributed by atoms with E-state index in [0.29, 0.717) is 0 Å². The molecule has 0 aliphatic heterocycles. The molecule has 0 heterocycles. The van der Waals surface area contributed by atoms with E-state index in [1.54, 1.807) is 0 Å². The molecule has 0 radical (unpaired) electrons. The number of rotatable bonds is 6. The summed E-state index contributed by atoms with van der Waals surface area (Å²) in [5, 5.41) is 3.84. The van der Waals surface area contributed by atoms with E-state index < -0.39 is 0 Å². The Hall–Kier alpha value is -0.530. The van der Waals surface area contributed by atoms with E-state index in [4.69, 9.17) is 4.84 Å². The molecular weight excluding hydrogens is 162 g/mol. The van der Waals surface area contributed by atoms with Crippen molar-refractivity contribution in [2.75, 3.05) is 6.61 Å². The summed E-state index contributed by atoms with van der Waals surface area (Å²) in [6.07, 6.45) is 4.97. The van der Waals surface area contributed by atoms with Crippen LogP contribution >= 0.6 is 0 Å². The SMILES string of the molecule is CC.CCCCCCON=C(C)C. The Morgan fingerprint density at radius 3 is 2.15 bits per heavy atom. The second-order valence-corrected chi connectivity index (χ2v) is 2.93. The number of hydrogen-bond acceptors (Lipinski definition) is 2. The van der Waals surface area contributed by atoms with Crippen LogP contribution in [-0.4, -0.2) is 12.3 Å². The molecule has 0 fully saturated rings. The zero-order chi connectivity index (χ0) is 10.5. The van der Waals surface area contributed by atoms with Gasteiger partial charge >= 0.3 is 0 Å². The summed E-state index contributed by atoms with van der Waals surface area (Å²) in [5.74, 6) is 0. The Kier molecular flexibility index (Phi) is 16.1. The first-order valence-electron chi connectivity index (χ1n) is 5.40. The molecule has 0 bridgehead atoms. The fourth-order valence-corrected chi connectivity index (χ4v) is 0.768. The molecule has 2 heteroatoms. The second-order valence-electron chi connectivity index (χ2n) is 2.93. The minimum atomic E-state index is 0.769. The van der Waals surface area contributed by atoms with Crippen LogP contribution in [0.3, 0.4) is 0 Å². The highest BCUT2D eigenvalue weighted by atomic mass is 16.6. The molecule has 0 aliphatic rings. The zero-order valence-electron chi connectivity index (χ0n) is 9.89. The summed E-state index contributed by atoms with van der Waals surface area (Å²) >= 11 is 0. The number of oxime groups is 1. The van der Waals surface area contributed by atoms with E-state index in [1.165, 1.54) is 19.3 Å². The third-order valence-corrected chi connectivity index (χ3v) is 1.34. The topological polar surface area (TPSA) is 21.6 Å². The molecule has 0 unspecified atom stereocenters. The first-order chi connectivity index (χ1) is 6.27. The highest BCUT2D eigenvalue weighted by Crippen LogP contribution is 1.98. The lowest BCUT2D eigenvalue weighted by Gasteiger charge is -1.98. The van der Waals surface area contributed by atoms with E-state index in [9.17, 15) is 0 Å².